The van der Waals surface area contributed by atoms with Crippen LogP contribution in [0.15, 0.2) is 36.5 Å². The predicted octanol–water partition coefficient (Wildman–Crippen LogP) is 3.85. The maximum Gasteiger partial charge on any atom is 0.256 e. The number of benzene rings is 1. The molecule has 0 spiro atoms. The molecule has 0 amide bonds. The molecule has 0 bridgehead atoms. The van der Waals surface area contributed by atoms with E-state index in [-0.39, 0.29) is 18.1 Å². The van der Waals surface area contributed by atoms with Gasteiger partial charge in [-0.05, 0) is 36.6 Å². The van der Waals surface area contributed by atoms with Crippen LogP contribution < -0.4 is 4.74 Å². The average Bonchev–Trinajstić information content (AvgIpc) is 2.48. The number of unbranched alkanes of at least 4 members (excludes halogenated alkanes) is 1. The minimum atomic E-state index is -0.620. The van der Waals surface area contributed by atoms with Crippen molar-refractivity contribution >= 4 is 0 Å². The van der Waals surface area contributed by atoms with E-state index < -0.39 is 5.82 Å². The third-order valence-corrected chi connectivity index (χ3v) is 3.06. The number of aryl methyl sites for hydroxylation is 1. The molecule has 0 aliphatic heterocycles. The van der Waals surface area contributed by atoms with Crippen LogP contribution in [0, 0.1) is 5.82 Å². The quantitative estimate of drug-likeness (QED) is 0.870. The summed E-state index contributed by atoms with van der Waals surface area (Å²) in [6, 6.07) is 8.98. The van der Waals surface area contributed by atoms with Crippen molar-refractivity contribution in [1.29, 1.82) is 0 Å². The van der Waals surface area contributed by atoms with Crippen LogP contribution in [0.4, 0.5) is 4.39 Å². The van der Waals surface area contributed by atoms with E-state index in [1.54, 1.807) is 12.1 Å². The number of halogens is 1. The summed E-state index contributed by atoms with van der Waals surface area (Å²) in [5, 5.41) is 9.00. The molecule has 0 aliphatic carbocycles. The number of pyridine rings is 1. The van der Waals surface area contributed by atoms with Gasteiger partial charge in [-0.15, -0.1) is 0 Å². The van der Waals surface area contributed by atoms with Crippen LogP contribution in [0.25, 0.3) is 0 Å². The van der Waals surface area contributed by atoms with E-state index >= 15 is 0 Å². The number of rotatable bonds is 6. The normalized spacial score (nSPS) is 10.6. The summed E-state index contributed by atoms with van der Waals surface area (Å²) < 4.78 is 19.3. The monoisotopic (exact) mass is 275 g/mol. The second-order valence-corrected chi connectivity index (χ2v) is 4.60. The average molecular weight is 275 g/mol. The molecule has 2 aromatic rings. The molecule has 0 saturated heterocycles. The van der Waals surface area contributed by atoms with Crippen molar-refractivity contribution in [2.45, 2.75) is 32.8 Å². The molecule has 106 valence electrons. The Labute approximate surface area is 118 Å². The van der Waals surface area contributed by atoms with Crippen molar-refractivity contribution in [3.05, 3.63) is 53.5 Å². The molecule has 0 aliphatic rings. The van der Waals surface area contributed by atoms with Crippen molar-refractivity contribution in [2.24, 2.45) is 0 Å². The summed E-state index contributed by atoms with van der Waals surface area (Å²) in [5.74, 6) is -0.199. The highest BCUT2D eigenvalue weighted by molar-refractivity contribution is 5.32. The van der Waals surface area contributed by atoms with Gasteiger partial charge in [-0.3, -0.25) is 0 Å². The predicted molar refractivity (Wildman–Crippen MR) is 75.2 cm³/mol. The van der Waals surface area contributed by atoms with Gasteiger partial charge in [0.25, 0.3) is 5.88 Å². The highest BCUT2D eigenvalue weighted by Gasteiger charge is 2.10. The Balaban J connectivity index is 2.10. The van der Waals surface area contributed by atoms with Gasteiger partial charge in [0.2, 0.25) is 0 Å². The number of aromatic nitrogens is 1. The molecule has 3 nitrogen and oxygen atoms in total. The SMILES string of the molecule is CCCCc1ccc(Oc2nccc(CO)c2F)cc1. The van der Waals surface area contributed by atoms with E-state index in [2.05, 4.69) is 11.9 Å². The molecule has 1 N–H and O–H groups in total. The van der Waals surface area contributed by atoms with E-state index in [1.165, 1.54) is 17.8 Å². The topological polar surface area (TPSA) is 42.4 Å². The molecule has 0 fully saturated rings. The molecule has 0 atom stereocenters. The van der Waals surface area contributed by atoms with Crippen LogP contribution in [0.3, 0.4) is 0 Å². The largest absolute Gasteiger partial charge is 0.436 e. The fourth-order valence-corrected chi connectivity index (χ4v) is 1.87. The van der Waals surface area contributed by atoms with Crippen molar-refractivity contribution in [3.63, 3.8) is 0 Å². The minimum Gasteiger partial charge on any atom is -0.436 e. The number of aliphatic hydroxyl groups is 1. The Kier molecular flexibility index (Phi) is 5.07. The number of hydrogen-bond acceptors (Lipinski definition) is 3. The lowest BCUT2D eigenvalue weighted by Crippen LogP contribution is -1.97. The summed E-state index contributed by atoms with van der Waals surface area (Å²) in [6.45, 7) is 1.78. The second-order valence-electron chi connectivity index (χ2n) is 4.60. The van der Waals surface area contributed by atoms with E-state index in [0.717, 1.165) is 19.3 Å². The Bertz CT molecular complexity index is 555. The Morgan fingerprint density at radius 2 is 1.95 bits per heavy atom. The van der Waals surface area contributed by atoms with Gasteiger partial charge in [0.15, 0.2) is 5.82 Å². The van der Waals surface area contributed by atoms with Gasteiger partial charge >= 0.3 is 0 Å². The van der Waals surface area contributed by atoms with Crippen molar-refractivity contribution in [2.75, 3.05) is 0 Å². The lowest BCUT2D eigenvalue weighted by molar-refractivity contribution is 0.273. The van der Waals surface area contributed by atoms with Gasteiger partial charge in [0.05, 0.1) is 6.61 Å². The van der Waals surface area contributed by atoms with Crippen molar-refractivity contribution in [3.8, 4) is 11.6 Å². The first-order valence-corrected chi connectivity index (χ1v) is 6.75. The minimum absolute atomic E-state index is 0.113. The van der Waals surface area contributed by atoms with Crippen LogP contribution in [0.1, 0.15) is 30.9 Å². The van der Waals surface area contributed by atoms with E-state index in [0.29, 0.717) is 5.75 Å². The maximum atomic E-state index is 13.9. The standard InChI is InChI=1S/C16H18FNO2/c1-2-3-4-12-5-7-14(8-6-12)20-16-15(17)13(11-19)9-10-18-16/h5-10,19H,2-4,11H2,1H3. The van der Waals surface area contributed by atoms with Crippen molar-refractivity contribution < 1.29 is 14.2 Å². The maximum absolute atomic E-state index is 13.9. The molecule has 1 aromatic heterocycles. The van der Waals surface area contributed by atoms with Crippen molar-refractivity contribution in [1.82, 2.24) is 4.98 Å². The van der Waals surface area contributed by atoms with Crippen LogP contribution >= 0.6 is 0 Å². The molecule has 0 saturated carbocycles. The van der Waals surface area contributed by atoms with Gasteiger partial charge in [-0.25, -0.2) is 9.37 Å². The lowest BCUT2D eigenvalue weighted by atomic mass is 10.1. The molecule has 1 heterocycles. The zero-order valence-electron chi connectivity index (χ0n) is 11.5. The third kappa shape index (κ3) is 3.54. The van der Waals surface area contributed by atoms with Gasteiger partial charge in [-0.1, -0.05) is 25.5 Å². The number of aliphatic hydroxyl groups excluding tert-OH is 1. The first kappa shape index (κ1) is 14.5. The second kappa shape index (κ2) is 7.01. The number of nitrogens with zero attached hydrogens (tertiary/aromatic N) is 1. The van der Waals surface area contributed by atoms with Gasteiger partial charge in [0, 0.05) is 11.8 Å². The zero-order valence-corrected chi connectivity index (χ0v) is 11.5. The van der Waals surface area contributed by atoms with Crippen LogP contribution in [-0.4, -0.2) is 10.1 Å². The fraction of sp³-hybridized carbons (Fsp3) is 0.312. The first-order valence-electron chi connectivity index (χ1n) is 6.75. The molecule has 20 heavy (non-hydrogen) atoms. The molecular weight excluding hydrogens is 257 g/mol. The van der Waals surface area contributed by atoms with Crippen LogP contribution in [0.2, 0.25) is 0 Å². The zero-order chi connectivity index (χ0) is 14.4. The first-order chi connectivity index (χ1) is 9.74. The molecule has 4 heteroatoms. The Morgan fingerprint density at radius 1 is 1.20 bits per heavy atom. The molecule has 0 unspecified atom stereocenters. The highest BCUT2D eigenvalue weighted by Crippen LogP contribution is 2.24. The number of ether oxygens (including phenoxy) is 1. The van der Waals surface area contributed by atoms with E-state index in [4.69, 9.17) is 9.84 Å². The summed E-state index contributed by atoms with van der Waals surface area (Å²) in [4.78, 5) is 3.85. The third-order valence-electron chi connectivity index (χ3n) is 3.06. The Hall–Kier alpha value is -1.94. The van der Waals surface area contributed by atoms with Gasteiger partial charge in [-0.2, -0.15) is 0 Å². The fourth-order valence-electron chi connectivity index (χ4n) is 1.87. The van der Waals surface area contributed by atoms with Gasteiger partial charge in [0.1, 0.15) is 5.75 Å². The Morgan fingerprint density at radius 3 is 2.60 bits per heavy atom. The van der Waals surface area contributed by atoms with Crippen LogP contribution in [-0.2, 0) is 13.0 Å². The summed E-state index contributed by atoms with van der Waals surface area (Å²) in [7, 11) is 0. The van der Waals surface area contributed by atoms with Gasteiger partial charge < -0.3 is 9.84 Å². The molecule has 2 rings (SSSR count). The van der Waals surface area contributed by atoms with E-state index in [1.807, 2.05) is 12.1 Å². The summed E-state index contributed by atoms with van der Waals surface area (Å²) >= 11 is 0. The summed E-state index contributed by atoms with van der Waals surface area (Å²) in [6.07, 6.45) is 4.75. The summed E-state index contributed by atoms with van der Waals surface area (Å²) in [5.41, 5.74) is 1.41. The molecule has 0 radical (unpaired) electrons. The molecule has 1 aromatic carbocycles. The van der Waals surface area contributed by atoms with Crippen LogP contribution in [0.5, 0.6) is 11.6 Å². The molecular formula is C16H18FNO2. The lowest BCUT2D eigenvalue weighted by Gasteiger charge is -2.08. The van der Waals surface area contributed by atoms with E-state index in [9.17, 15) is 4.39 Å². The highest BCUT2D eigenvalue weighted by atomic mass is 19.1. The smallest absolute Gasteiger partial charge is 0.256 e. The number of hydrogen-bond donors (Lipinski definition) is 1.